The molecule has 4 nitrogen and oxygen atoms in total. The second-order valence-electron chi connectivity index (χ2n) is 4.40. The van der Waals surface area contributed by atoms with Crippen LogP contribution in [0.5, 0.6) is 0 Å². The molecule has 2 aromatic rings. The van der Waals surface area contributed by atoms with Crippen LogP contribution < -0.4 is 10.2 Å². The number of anilines is 2. The normalized spacial score (nSPS) is 10.3. The molecule has 0 saturated carbocycles. The number of rotatable bonds is 4. The van der Waals surface area contributed by atoms with Gasteiger partial charge in [-0.25, -0.2) is 9.37 Å². The number of aryl methyl sites for hydroxylation is 1. The van der Waals surface area contributed by atoms with E-state index in [-0.39, 0.29) is 0 Å². The first kappa shape index (κ1) is 13.3. The van der Waals surface area contributed by atoms with Gasteiger partial charge in [0.15, 0.2) is 11.6 Å². The van der Waals surface area contributed by atoms with Crippen molar-refractivity contribution in [3.63, 3.8) is 0 Å². The van der Waals surface area contributed by atoms with Crippen molar-refractivity contribution in [2.45, 2.75) is 13.5 Å². The van der Waals surface area contributed by atoms with E-state index in [2.05, 4.69) is 15.3 Å². The topological polar surface area (TPSA) is 41.1 Å². The average Bonchev–Trinajstić information content (AvgIpc) is 2.42. The molecule has 0 radical (unpaired) electrons. The van der Waals surface area contributed by atoms with Crippen LogP contribution in [0.15, 0.2) is 30.5 Å². The number of hydrogen-bond acceptors (Lipinski definition) is 4. The van der Waals surface area contributed by atoms with Crippen molar-refractivity contribution in [1.82, 2.24) is 9.97 Å². The SMILES string of the molecule is CNc1ncc(F)c(N(C)Cc2ccccc2C)n1. The van der Waals surface area contributed by atoms with Gasteiger partial charge in [0, 0.05) is 20.6 Å². The van der Waals surface area contributed by atoms with Crippen molar-refractivity contribution >= 4 is 11.8 Å². The van der Waals surface area contributed by atoms with Gasteiger partial charge in [0.25, 0.3) is 0 Å². The Labute approximate surface area is 112 Å². The fourth-order valence-corrected chi connectivity index (χ4v) is 1.86. The molecule has 1 aromatic carbocycles. The first-order valence-electron chi connectivity index (χ1n) is 6.07. The van der Waals surface area contributed by atoms with Gasteiger partial charge >= 0.3 is 0 Å². The predicted octanol–water partition coefficient (Wildman–Crippen LogP) is 2.60. The van der Waals surface area contributed by atoms with E-state index in [0.717, 1.165) is 5.56 Å². The summed E-state index contributed by atoms with van der Waals surface area (Å²) in [6.45, 7) is 2.64. The van der Waals surface area contributed by atoms with Crippen LogP contribution in [-0.2, 0) is 6.54 Å². The molecule has 0 aliphatic heterocycles. The van der Waals surface area contributed by atoms with Gasteiger partial charge in [-0.2, -0.15) is 4.98 Å². The highest BCUT2D eigenvalue weighted by molar-refractivity contribution is 5.44. The van der Waals surface area contributed by atoms with Crippen LogP contribution in [0.3, 0.4) is 0 Å². The number of nitrogens with one attached hydrogen (secondary N) is 1. The third-order valence-electron chi connectivity index (χ3n) is 2.98. The number of halogens is 1. The van der Waals surface area contributed by atoms with Crippen LogP contribution in [0.2, 0.25) is 0 Å². The van der Waals surface area contributed by atoms with E-state index in [1.807, 2.05) is 38.2 Å². The predicted molar refractivity (Wildman–Crippen MR) is 74.8 cm³/mol. The molecule has 0 spiro atoms. The Kier molecular flexibility index (Phi) is 3.94. The second-order valence-corrected chi connectivity index (χ2v) is 4.40. The molecule has 0 aliphatic rings. The summed E-state index contributed by atoms with van der Waals surface area (Å²) in [4.78, 5) is 9.76. The number of benzene rings is 1. The Bertz CT molecular complexity index is 571. The zero-order valence-corrected chi connectivity index (χ0v) is 11.3. The molecule has 0 amide bonds. The minimum atomic E-state index is -0.421. The highest BCUT2D eigenvalue weighted by Gasteiger charge is 2.12. The maximum absolute atomic E-state index is 13.8. The Morgan fingerprint density at radius 3 is 2.74 bits per heavy atom. The van der Waals surface area contributed by atoms with Crippen molar-refractivity contribution < 1.29 is 4.39 Å². The van der Waals surface area contributed by atoms with E-state index < -0.39 is 5.82 Å². The standard InChI is InChI=1S/C14H17FN4/c1-10-6-4-5-7-11(10)9-19(3)13-12(15)8-17-14(16-2)18-13/h4-8H,9H2,1-3H3,(H,16,17,18). The highest BCUT2D eigenvalue weighted by atomic mass is 19.1. The van der Waals surface area contributed by atoms with Gasteiger partial charge < -0.3 is 10.2 Å². The van der Waals surface area contributed by atoms with Crippen molar-refractivity contribution in [2.75, 3.05) is 24.3 Å². The number of aromatic nitrogens is 2. The van der Waals surface area contributed by atoms with Crippen LogP contribution in [-0.4, -0.2) is 24.1 Å². The van der Waals surface area contributed by atoms with Crippen LogP contribution in [0, 0.1) is 12.7 Å². The summed E-state index contributed by atoms with van der Waals surface area (Å²) in [5.74, 6) is 0.283. The van der Waals surface area contributed by atoms with E-state index in [1.165, 1.54) is 11.8 Å². The molecule has 0 fully saturated rings. The fourth-order valence-electron chi connectivity index (χ4n) is 1.86. The van der Waals surface area contributed by atoms with Crippen LogP contribution >= 0.6 is 0 Å². The summed E-state index contributed by atoms with van der Waals surface area (Å²) in [5, 5.41) is 2.81. The smallest absolute Gasteiger partial charge is 0.224 e. The summed E-state index contributed by atoms with van der Waals surface area (Å²) in [6, 6.07) is 8.04. The van der Waals surface area contributed by atoms with Crippen molar-refractivity contribution in [2.24, 2.45) is 0 Å². The molecule has 100 valence electrons. The van der Waals surface area contributed by atoms with Gasteiger partial charge in [-0.1, -0.05) is 24.3 Å². The van der Waals surface area contributed by atoms with E-state index >= 15 is 0 Å². The van der Waals surface area contributed by atoms with E-state index in [1.54, 1.807) is 11.9 Å². The van der Waals surface area contributed by atoms with Crippen LogP contribution in [0.1, 0.15) is 11.1 Å². The summed E-state index contributed by atoms with van der Waals surface area (Å²) < 4.78 is 13.8. The molecule has 0 atom stereocenters. The third-order valence-corrected chi connectivity index (χ3v) is 2.98. The Morgan fingerprint density at radius 2 is 2.05 bits per heavy atom. The summed E-state index contributed by atoms with van der Waals surface area (Å²) in [6.07, 6.45) is 1.18. The molecule has 1 aromatic heterocycles. The molecule has 5 heteroatoms. The lowest BCUT2D eigenvalue weighted by atomic mass is 10.1. The van der Waals surface area contributed by atoms with Gasteiger partial charge in [0.2, 0.25) is 5.95 Å². The van der Waals surface area contributed by atoms with Gasteiger partial charge in [-0.05, 0) is 18.1 Å². The van der Waals surface area contributed by atoms with E-state index in [0.29, 0.717) is 18.3 Å². The fraction of sp³-hybridized carbons (Fsp3) is 0.286. The Balaban J connectivity index is 2.25. The molecule has 1 heterocycles. The lowest BCUT2D eigenvalue weighted by molar-refractivity contribution is 0.607. The summed E-state index contributed by atoms with van der Waals surface area (Å²) in [7, 11) is 3.52. The van der Waals surface area contributed by atoms with E-state index in [4.69, 9.17) is 0 Å². The van der Waals surface area contributed by atoms with Crippen molar-refractivity contribution in [3.05, 3.63) is 47.4 Å². The average molecular weight is 260 g/mol. The number of hydrogen-bond donors (Lipinski definition) is 1. The van der Waals surface area contributed by atoms with Crippen LogP contribution in [0.25, 0.3) is 0 Å². The van der Waals surface area contributed by atoms with Gasteiger partial charge in [-0.3, -0.25) is 0 Å². The molecule has 1 N–H and O–H groups in total. The lowest BCUT2D eigenvalue weighted by Crippen LogP contribution is -2.20. The Hall–Kier alpha value is -2.17. The van der Waals surface area contributed by atoms with Gasteiger partial charge in [0.1, 0.15) is 0 Å². The second kappa shape index (κ2) is 5.65. The van der Waals surface area contributed by atoms with Crippen molar-refractivity contribution in [1.29, 1.82) is 0 Å². The molecule has 0 aliphatic carbocycles. The molecule has 2 rings (SSSR count). The first-order valence-corrected chi connectivity index (χ1v) is 6.07. The molecular formula is C14H17FN4. The largest absolute Gasteiger partial charge is 0.357 e. The molecule has 0 saturated heterocycles. The molecular weight excluding hydrogens is 243 g/mol. The quantitative estimate of drug-likeness (QED) is 0.917. The van der Waals surface area contributed by atoms with E-state index in [9.17, 15) is 4.39 Å². The zero-order chi connectivity index (χ0) is 13.8. The summed E-state index contributed by atoms with van der Waals surface area (Å²) >= 11 is 0. The van der Waals surface area contributed by atoms with Crippen molar-refractivity contribution in [3.8, 4) is 0 Å². The van der Waals surface area contributed by atoms with Gasteiger partial charge in [0.05, 0.1) is 6.20 Å². The first-order chi connectivity index (χ1) is 9.11. The number of nitrogens with zero attached hydrogens (tertiary/aromatic N) is 3. The molecule has 19 heavy (non-hydrogen) atoms. The Morgan fingerprint density at radius 1 is 1.32 bits per heavy atom. The maximum Gasteiger partial charge on any atom is 0.224 e. The lowest BCUT2D eigenvalue weighted by Gasteiger charge is -2.20. The van der Waals surface area contributed by atoms with Gasteiger partial charge in [-0.15, -0.1) is 0 Å². The minimum absolute atomic E-state index is 0.294. The monoisotopic (exact) mass is 260 g/mol. The third kappa shape index (κ3) is 2.99. The minimum Gasteiger partial charge on any atom is -0.357 e. The summed E-state index contributed by atoms with van der Waals surface area (Å²) in [5.41, 5.74) is 2.33. The molecule has 0 unspecified atom stereocenters. The maximum atomic E-state index is 13.8. The highest BCUT2D eigenvalue weighted by Crippen LogP contribution is 2.19. The molecule has 0 bridgehead atoms. The zero-order valence-electron chi connectivity index (χ0n) is 11.3. The van der Waals surface area contributed by atoms with Crippen LogP contribution in [0.4, 0.5) is 16.2 Å².